The Morgan fingerprint density at radius 3 is 2.46 bits per heavy atom. The van der Waals surface area contributed by atoms with E-state index >= 15 is 0 Å². The minimum atomic E-state index is -0.458. The molecule has 0 radical (unpaired) electrons. The van der Waals surface area contributed by atoms with Crippen LogP contribution in [-0.2, 0) is 13.0 Å². The lowest BCUT2D eigenvalue weighted by Crippen LogP contribution is -2.35. The SMILES string of the molecule is CCc1cc(CNC(=O)c2cc(C(=O)N[C@@H](C)c3ccc(C4=NNNN4)cc3)ncn2)ccc1F. The van der Waals surface area contributed by atoms with Gasteiger partial charge in [0.25, 0.3) is 11.8 Å². The summed E-state index contributed by atoms with van der Waals surface area (Å²) in [4.78, 5) is 33.3. The average molecular weight is 477 g/mol. The van der Waals surface area contributed by atoms with E-state index in [1.54, 1.807) is 12.1 Å². The Morgan fingerprint density at radius 1 is 1.03 bits per heavy atom. The van der Waals surface area contributed by atoms with Crippen LogP contribution in [0, 0.1) is 5.82 Å². The summed E-state index contributed by atoms with van der Waals surface area (Å²) in [7, 11) is 0. The molecule has 1 atom stereocenters. The van der Waals surface area contributed by atoms with Gasteiger partial charge in [0, 0.05) is 18.2 Å². The molecule has 2 heterocycles. The number of nitrogens with one attached hydrogen (secondary N) is 5. The van der Waals surface area contributed by atoms with Gasteiger partial charge in [0.15, 0.2) is 5.84 Å². The smallest absolute Gasteiger partial charge is 0.270 e. The van der Waals surface area contributed by atoms with E-state index in [-0.39, 0.29) is 29.8 Å². The normalized spacial score (nSPS) is 13.3. The summed E-state index contributed by atoms with van der Waals surface area (Å²) in [6.45, 7) is 3.92. The second-order valence-corrected chi connectivity index (χ2v) is 7.89. The standard InChI is InChI=1S/C24H25FN8O2/c1-3-16-10-15(4-9-19(16)25)12-26-23(34)20-11-21(28-13-27-20)24(35)29-14(2)17-5-7-18(8-6-17)22-30-32-33-31-22/h4-11,13-14,32-33H,3,12H2,1-2H3,(H,26,34)(H,29,35)(H,30,31)/t14-/m0/s1. The third-order valence-corrected chi connectivity index (χ3v) is 5.51. The van der Waals surface area contributed by atoms with E-state index < -0.39 is 11.8 Å². The van der Waals surface area contributed by atoms with E-state index in [4.69, 9.17) is 0 Å². The van der Waals surface area contributed by atoms with Gasteiger partial charge in [-0.2, -0.15) is 0 Å². The van der Waals surface area contributed by atoms with E-state index in [1.807, 2.05) is 38.1 Å². The van der Waals surface area contributed by atoms with Crippen LogP contribution in [0.1, 0.15) is 63.1 Å². The van der Waals surface area contributed by atoms with Crippen LogP contribution in [0.25, 0.3) is 0 Å². The lowest BCUT2D eigenvalue weighted by Gasteiger charge is -2.15. The minimum Gasteiger partial charge on any atom is -0.347 e. The molecule has 2 amide bonds. The van der Waals surface area contributed by atoms with Crippen LogP contribution in [0.2, 0.25) is 0 Å². The van der Waals surface area contributed by atoms with Crippen molar-refractivity contribution in [3.8, 4) is 0 Å². The summed E-state index contributed by atoms with van der Waals surface area (Å²) in [5.74, 6) is -0.501. The maximum absolute atomic E-state index is 13.7. The molecule has 1 aliphatic heterocycles. The number of rotatable bonds is 8. The number of hydrogen-bond donors (Lipinski definition) is 5. The Balaban J connectivity index is 1.36. The van der Waals surface area contributed by atoms with Crippen molar-refractivity contribution in [3.63, 3.8) is 0 Å². The van der Waals surface area contributed by atoms with Crippen molar-refractivity contribution in [2.24, 2.45) is 5.10 Å². The van der Waals surface area contributed by atoms with E-state index in [1.165, 1.54) is 18.5 Å². The number of halogens is 1. The van der Waals surface area contributed by atoms with Crippen molar-refractivity contribution in [2.75, 3.05) is 0 Å². The Kier molecular flexibility index (Phi) is 7.27. The molecule has 0 aliphatic carbocycles. The van der Waals surface area contributed by atoms with Gasteiger partial charge in [-0.3, -0.25) is 15.0 Å². The van der Waals surface area contributed by atoms with Crippen LogP contribution in [0.15, 0.2) is 60.0 Å². The van der Waals surface area contributed by atoms with Gasteiger partial charge in [0.2, 0.25) is 0 Å². The van der Waals surface area contributed by atoms with Gasteiger partial charge in [0.05, 0.1) is 6.04 Å². The first-order valence-corrected chi connectivity index (χ1v) is 11.1. The van der Waals surface area contributed by atoms with Crippen LogP contribution < -0.4 is 27.1 Å². The van der Waals surface area contributed by atoms with Gasteiger partial charge in [-0.05, 0) is 36.1 Å². The Hall–Kier alpha value is -4.38. The van der Waals surface area contributed by atoms with Gasteiger partial charge < -0.3 is 10.6 Å². The first-order valence-electron chi connectivity index (χ1n) is 11.1. The number of carbonyl (C=O) groups excluding carboxylic acids is 2. The molecule has 1 aliphatic rings. The maximum Gasteiger partial charge on any atom is 0.270 e. The molecule has 11 heteroatoms. The van der Waals surface area contributed by atoms with E-state index in [0.29, 0.717) is 17.8 Å². The number of aryl methyl sites for hydroxylation is 1. The van der Waals surface area contributed by atoms with Crippen molar-refractivity contribution < 1.29 is 14.0 Å². The Morgan fingerprint density at radius 2 is 1.77 bits per heavy atom. The number of hydrogen-bond acceptors (Lipinski definition) is 8. The highest BCUT2D eigenvalue weighted by atomic mass is 19.1. The number of benzene rings is 2. The number of nitrogens with zero attached hydrogens (tertiary/aromatic N) is 3. The van der Waals surface area contributed by atoms with E-state index in [2.05, 4.69) is 42.2 Å². The summed E-state index contributed by atoms with van der Waals surface area (Å²) in [6.07, 6.45) is 1.73. The predicted molar refractivity (Wildman–Crippen MR) is 127 cm³/mol. The predicted octanol–water partition coefficient (Wildman–Crippen LogP) is 1.87. The summed E-state index contributed by atoms with van der Waals surface area (Å²) in [5.41, 5.74) is 11.4. The van der Waals surface area contributed by atoms with E-state index in [0.717, 1.165) is 16.7 Å². The molecule has 0 saturated carbocycles. The van der Waals surface area contributed by atoms with Gasteiger partial charge in [-0.25, -0.2) is 19.9 Å². The molecule has 0 bridgehead atoms. The molecule has 3 aromatic rings. The molecule has 0 spiro atoms. The number of carbonyl (C=O) groups is 2. The monoisotopic (exact) mass is 476 g/mol. The Bertz CT molecular complexity index is 1260. The maximum atomic E-state index is 13.7. The fourth-order valence-corrected chi connectivity index (χ4v) is 3.51. The van der Waals surface area contributed by atoms with Gasteiger partial charge in [-0.1, -0.05) is 43.3 Å². The molecule has 0 saturated heterocycles. The first-order chi connectivity index (χ1) is 16.9. The van der Waals surface area contributed by atoms with Gasteiger partial charge >= 0.3 is 0 Å². The lowest BCUT2D eigenvalue weighted by atomic mass is 10.1. The summed E-state index contributed by atoms with van der Waals surface area (Å²) in [5, 5.41) is 9.66. The molecular weight excluding hydrogens is 451 g/mol. The highest BCUT2D eigenvalue weighted by Crippen LogP contribution is 2.15. The largest absolute Gasteiger partial charge is 0.347 e. The summed E-state index contributed by atoms with van der Waals surface area (Å²) < 4.78 is 13.7. The second kappa shape index (κ2) is 10.7. The quantitative estimate of drug-likeness (QED) is 0.335. The van der Waals surface area contributed by atoms with E-state index in [9.17, 15) is 14.0 Å². The highest BCUT2D eigenvalue weighted by molar-refractivity contribution is 5.99. The molecule has 1 aromatic heterocycles. The topological polar surface area (TPSA) is 132 Å². The van der Waals surface area contributed by atoms with Crippen molar-refractivity contribution in [3.05, 3.63) is 94.3 Å². The molecule has 10 nitrogen and oxygen atoms in total. The number of amidine groups is 1. The molecule has 35 heavy (non-hydrogen) atoms. The molecule has 2 aromatic carbocycles. The molecule has 180 valence electrons. The van der Waals surface area contributed by atoms with Crippen LogP contribution in [-0.4, -0.2) is 27.6 Å². The number of amides is 2. The van der Waals surface area contributed by atoms with Gasteiger partial charge in [0.1, 0.15) is 23.5 Å². The number of hydrazone groups is 1. The molecule has 0 unspecified atom stereocenters. The summed E-state index contributed by atoms with van der Waals surface area (Å²) >= 11 is 0. The van der Waals surface area contributed by atoms with Crippen molar-refractivity contribution in [1.29, 1.82) is 0 Å². The van der Waals surface area contributed by atoms with Crippen LogP contribution in [0.4, 0.5) is 4.39 Å². The fourth-order valence-electron chi connectivity index (χ4n) is 3.51. The minimum absolute atomic E-state index is 0.0621. The zero-order valence-corrected chi connectivity index (χ0v) is 19.2. The third kappa shape index (κ3) is 5.76. The zero-order valence-electron chi connectivity index (χ0n) is 19.2. The number of aromatic nitrogens is 2. The third-order valence-electron chi connectivity index (χ3n) is 5.51. The fraction of sp³-hybridized carbons (Fsp3) is 0.208. The summed E-state index contributed by atoms with van der Waals surface area (Å²) in [6, 6.07) is 13.3. The van der Waals surface area contributed by atoms with Gasteiger partial charge in [-0.15, -0.1) is 10.6 Å². The van der Waals surface area contributed by atoms with Crippen molar-refractivity contribution in [1.82, 2.24) is 37.1 Å². The van der Waals surface area contributed by atoms with Crippen LogP contribution in [0.5, 0.6) is 0 Å². The number of hydrazine groups is 2. The molecule has 4 rings (SSSR count). The lowest BCUT2D eigenvalue weighted by molar-refractivity contribution is 0.0934. The average Bonchev–Trinajstić information content (AvgIpc) is 3.43. The molecule has 0 fully saturated rings. The molecular formula is C24H25FN8O2. The first kappa shape index (κ1) is 23.8. The van der Waals surface area contributed by atoms with Crippen LogP contribution in [0.3, 0.4) is 0 Å². The second-order valence-electron chi connectivity index (χ2n) is 7.89. The van der Waals surface area contributed by atoms with Crippen LogP contribution >= 0.6 is 0 Å². The Labute approximate surface area is 201 Å². The highest BCUT2D eigenvalue weighted by Gasteiger charge is 2.17. The van der Waals surface area contributed by atoms with Crippen molar-refractivity contribution in [2.45, 2.75) is 32.9 Å². The van der Waals surface area contributed by atoms with Crippen molar-refractivity contribution >= 4 is 17.6 Å². The molecule has 5 N–H and O–H groups in total. The zero-order chi connectivity index (χ0) is 24.8.